The van der Waals surface area contributed by atoms with Crippen LogP contribution < -0.4 is 10.1 Å². The van der Waals surface area contributed by atoms with Crippen LogP contribution in [0.15, 0.2) is 48.5 Å². The lowest BCUT2D eigenvalue weighted by molar-refractivity contribution is -0.153. The summed E-state index contributed by atoms with van der Waals surface area (Å²) < 4.78 is 40.6. The van der Waals surface area contributed by atoms with E-state index in [9.17, 15) is 13.2 Å². The van der Waals surface area contributed by atoms with E-state index in [1.165, 1.54) is 12.1 Å². The molecule has 2 aromatic carbocycles. The normalized spacial score (nSPS) is 11.2. The van der Waals surface area contributed by atoms with Gasteiger partial charge < -0.3 is 10.1 Å². The van der Waals surface area contributed by atoms with Crippen LogP contribution in [0.2, 0.25) is 0 Å². The van der Waals surface area contributed by atoms with Crippen LogP contribution >= 0.6 is 0 Å². The number of rotatable bonds is 4. The molecule has 0 saturated carbocycles. The Morgan fingerprint density at radius 1 is 0.900 bits per heavy atom. The summed E-state index contributed by atoms with van der Waals surface area (Å²) in [6.07, 6.45) is -4.32. The third-order valence-corrected chi connectivity index (χ3v) is 2.60. The van der Waals surface area contributed by atoms with Gasteiger partial charge in [0.1, 0.15) is 5.75 Å². The zero-order valence-corrected chi connectivity index (χ0v) is 10.9. The molecule has 0 unspecified atom stereocenters. The van der Waals surface area contributed by atoms with Gasteiger partial charge in [-0.3, -0.25) is 0 Å². The first-order chi connectivity index (χ1) is 9.42. The molecule has 0 aliphatic heterocycles. The number of ether oxygens (including phenoxy) is 1. The van der Waals surface area contributed by atoms with Crippen LogP contribution in [-0.4, -0.2) is 12.8 Å². The van der Waals surface area contributed by atoms with E-state index in [-0.39, 0.29) is 5.75 Å². The first kappa shape index (κ1) is 14.2. The molecule has 5 heteroatoms. The molecule has 0 radical (unpaired) electrons. The SMILES string of the molecule is Cc1ccc(Nc2ccc(OCC(F)(F)F)cc2)cc1. The number of halogens is 3. The van der Waals surface area contributed by atoms with Gasteiger partial charge in [-0.25, -0.2) is 0 Å². The predicted molar refractivity (Wildman–Crippen MR) is 72.5 cm³/mol. The number of benzene rings is 2. The number of anilines is 2. The maximum Gasteiger partial charge on any atom is 0.422 e. The summed E-state index contributed by atoms with van der Waals surface area (Å²) in [5.74, 6) is 0.191. The van der Waals surface area contributed by atoms with Crippen molar-refractivity contribution in [2.75, 3.05) is 11.9 Å². The number of hydrogen-bond acceptors (Lipinski definition) is 2. The fourth-order valence-electron chi connectivity index (χ4n) is 1.60. The molecule has 2 nitrogen and oxygen atoms in total. The Hall–Kier alpha value is -2.17. The minimum atomic E-state index is -4.32. The molecule has 0 amide bonds. The summed E-state index contributed by atoms with van der Waals surface area (Å²) in [4.78, 5) is 0. The fourth-order valence-corrected chi connectivity index (χ4v) is 1.60. The molecule has 0 aliphatic rings. The zero-order chi connectivity index (χ0) is 14.6. The van der Waals surface area contributed by atoms with Crippen molar-refractivity contribution in [1.82, 2.24) is 0 Å². The van der Waals surface area contributed by atoms with E-state index in [0.717, 1.165) is 16.9 Å². The van der Waals surface area contributed by atoms with E-state index in [4.69, 9.17) is 0 Å². The molecule has 2 rings (SSSR count). The standard InChI is InChI=1S/C15H14F3NO/c1-11-2-4-12(5-3-11)19-13-6-8-14(9-7-13)20-10-15(16,17)18/h2-9,19H,10H2,1H3. The molecule has 106 valence electrons. The van der Waals surface area contributed by atoms with Gasteiger partial charge in [0.05, 0.1) is 0 Å². The van der Waals surface area contributed by atoms with E-state index in [2.05, 4.69) is 10.1 Å². The third kappa shape index (κ3) is 4.50. The second-order valence-electron chi connectivity index (χ2n) is 4.42. The largest absolute Gasteiger partial charge is 0.484 e. The van der Waals surface area contributed by atoms with Gasteiger partial charge in [0.2, 0.25) is 0 Å². The van der Waals surface area contributed by atoms with Gasteiger partial charge >= 0.3 is 6.18 Å². The highest BCUT2D eigenvalue weighted by atomic mass is 19.4. The second-order valence-corrected chi connectivity index (χ2v) is 4.42. The Labute approximate surface area is 115 Å². The Morgan fingerprint density at radius 2 is 1.40 bits per heavy atom. The van der Waals surface area contributed by atoms with Crippen LogP contribution in [0.3, 0.4) is 0 Å². The van der Waals surface area contributed by atoms with E-state index in [0.29, 0.717) is 0 Å². The van der Waals surface area contributed by atoms with Crippen molar-refractivity contribution in [3.05, 3.63) is 54.1 Å². The van der Waals surface area contributed by atoms with Crippen molar-refractivity contribution in [2.24, 2.45) is 0 Å². The molecular weight excluding hydrogens is 267 g/mol. The van der Waals surface area contributed by atoms with Gasteiger partial charge in [-0.15, -0.1) is 0 Å². The van der Waals surface area contributed by atoms with Crippen LogP contribution in [0, 0.1) is 6.92 Å². The molecule has 0 bridgehead atoms. The van der Waals surface area contributed by atoms with Crippen molar-refractivity contribution in [3.63, 3.8) is 0 Å². The lowest BCUT2D eigenvalue weighted by Crippen LogP contribution is -2.19. The van der Waals surface area contributed by atoms with Gasteiger partial charge in [0.25, 0.3) is 0 Å². The molecule has 0 aromatic heterocycles. The number of alkyl halides is 3. The van der Waals surface area contributed by atoms with Gasteiger partial charge in [0, 0.05) is 11.4 Å². The molecule has 0 fully saturated rings. The Bertz CT molecular complexity index is 547. The maximum absolute atomic E-state index is 12.0. The second kappa shape index (κ2) is 5.86. The quantitative estimate of drug-likeness (QED) is 0.878. The van der Waals surface area contributed by atoms with E-state index in [1.807, 2.05) is 31.2 Å². The highest BCUT2D eigenvalue weighted by Crippen LogP contribution is 2.22. The van der Waals surface area contributed by atoms with Crippen LogP contribution in [0.5, 0.6) is 5.75 Å². The average molecular weight is 281 g/mol. The summed E-state index contributed by atoms with van der Waals surface area (Å²) >= 11 is 0. The van der Waals surface area contributed by atoms with Crippen LogP contribution in [0.4, 0.5) is 24.5 Å². The van der Waals surface area contributed by atoms with Gasteiger partial charge in [-0.05, 0) is 43.3 Å². The first-order valence-corrected chi connectivity index (χ1v) is 6.06. The molecule has 0 spiro atoms. The van der Waals surface area contributed by atoms with Crippen molar-refractivity contribution >= 4 is 11.4 Å². The molecule has 0 heterocycles. The zero-order valence-electron chi connectivity index (χ0n) is 10.9. The fraction of sp³-hybridized carbons (Fsp3) is 0.200. The smallest absolute Gasteiger partial charge is 0.422 e. The van der Waals surface area contributed by atoms with Crippen LogP contribution in [0.25, 0.3) is 0 Å². The average Bonchev–Trinajstić information content (AvgIpc) is 2.40. The minimum absolute atomic E-state index is 0.191. The highest BCUT2D eigenvalue weighted by Gasteiger charge is 2.28. The Morgan fingerprint density at radius 3 is 1.90 bits per heavy atom. The molecule has 0 aliphatic carbocycles. The predicted octanol–water partition coefficient (Wildman–Crippen LogP) is 4.68. The summed E-state index contributed by atoms with van der Waals surface area (Å²) in [6.45, 7) is 0.717. The van der Waals surface area contributed by atoms with Gasteiger partial charge in [0.15, 0.2) is 6.61 Å². The minimum Gasteiger partial charge on any atom is -0.484 e. The van der Waals surface area contributed by atoms with Gasteiger partial charge in [-0.1, -0.05) is 17.7 Å². The van der Waals surface area contributed by atoms with Crippen molar-refractivity contribution in [1.29, 1.82) is 0 Å². The summed E-state index contributed by atoms with van der Waals surface area (Å²) in [6, 6.07) is 14.2. The highest BCUT2D eigenvalue weighted by molar-refractivity contribution is 5.60. The van der Waals surface area contributed by atoms with Crippen molar-refractivity contribution in [2.45, 2.75) is 13.1 Å². The molecule has 2 aromatic rings. The van der Waals surface area contributed by atoms with Gasteiger partial charge in [-0.2, -0.15) is 13.2 Å². The Balaban J connectivity index is 1.96. The molecular formula is C15H14F3NO. The van der Waals surface area contributed by atoms with Crippen LogP contribution in [-0.2, 0) is 0 Å². The summed E-state index contributed by atoms with van der Waals surface area (Å²) in [5, 5.41) is 3.15. The summed E-state index contributed by atoms with van der Waals surface area (Å²) in [7, 11) is 0. The topological polar surface area (TPSA) is 21.3 Å². The monoisotopic (exact) mass is 281 g/mol. The van der Waals surface area contributed by atoms with E-state index < -0.39 is 12.8 Å². The lowest BCUT2D eigenvalue weighted by atomic mass is 10.2. The molecule has 1 N–H and O–H groups in total. The van der Waals surface area contributed by atoms with E-state index >= 15 is 0 Å². The lowest BCUT2D eigenvalue weighted by Gasteiger charge is -2.10. The first-order valence-electron chi connectivity index (χ1n) is 6.06. The maximum atomic E-state index is 12.0. The van der Waals surface area contributed by atoms with Crippen molar-refractivity contribution < 1.29 is 17.9 Å². The molecule has 0 saturated heterocycles. The van der Waals surface area contributed by atoms with E-state index in [1.54, 1.807) is 12.1 Å². The molecule has 20 heavy (non-hydrogen) atoms. The third-order valence-electron chi connectivity index (χ3n) is 2.60. The summed E-state index contributed by atoms with van der Waals surface area (Å²) in [5.41, 5.74) is 2.86. The number of hydrogen-bond donors (Lipinski definition) is 1. The van der Waals surface area contributed by atoms with Crippen molar-refractivity contribution in [3.8, 4) is 5.75 Å². The Kier molecular flexibility index (Phi) is 4.17. The number of aryl methyl sites for hydroxylation is 1. The molecule has 0 atom stereocenters. The number of nitrogens with one attached hydrogen (secondary N) is 1. The van der Waals surface area contributed by atoms with Crippen LogP contribution in [0.1, 0.15) is 5.56 Å².